The maximum absolute atomic E-state index is 13.2. The van der Waals surface area contributed by atoms with Crippen molar-refractivity contribution < 1.29 is 9.53 Å². The Morgan fingerprint density at radius 3 is 2.53 bits per heavy atom. The van der Waals surface area contributed by atoms with Crippen LogP contribution in [0.4, 0.5) is 0 Å². The van der Waals surface area contributed by atoms with E-state index in [1.165, 1.54) is 11.8 Å². The molecule has 0 aliphatic heterocycles. The molecule has 176 valence electrons. The third-order valence-electron chi connectivity index (χ3n) is 5.87. The molecule has 0 amide bonds. The Hall–Kier alpha value is -3.03. The van der Waals surface area contributed by atoms with Crippen molar-refractivity contribution in [2.75, 3.05) is 12.9 Å². The second-order valence-electron chi connectivity index (χ2n) is 7.92. The highest BCUT2D eigenvalue weighted by molar-refractivity contribution is 7.99. The zero-order valence-corrected chi connectivity index (χ0v) is 21.3. The first-order chi connectivity index (χ1) is 16.4. The minimum atomic E-state index is 0.0630. The Bertz CT molecular complexity index is 1330. The molecule has 0 bridgehead atoms. The van der Waals surface area contributed by atoms with Crippen molar-refractivity contribution in [1.82, 2.24) is 19.3 Å². The molecule has 4 aromatic rings. The zero-order chi connectivity index (χ0) is 24.2. The van der Waals surface area contributed by atoms with Crippen LogP contribution in [-0.2, 0) is 13.1 Å². The molecule has 8 heteroatoms. The first kappa shape index (κ1) is 24.1. The number of rotatable bonds is 9. The monoisotopic (exact) mass is 494 g/mol. The summed E-state index contributed by atoms with van der Waals surface area (Å²) < 4.78 is 9.63. The predicted molar refractivity (Wildman–Crippen MR) is 137 cm³/mol. The lowest BCUT2D eigenvalue weighted by Gasteiger charge is -2.11. The van der Waals surface area contributed by atoms with E-state index in [0.717, 1.165) is 44.7 Å². The minimum Gasteiger partial charge on any atom is -0.496 e. The first-order valence-electron chi connectivity index (χ1n) is 11.1. The molecule has 6 nitrogen and oxygen atoms in total. The molecule has 0 aliphatic carbocycles. The predicted octanol–water partition coefficient (Wildman–Crippen LogP) is 6.07. The summed E-state index contributed by atoms with van der Waals surface area (Å²) in [5.41, 5.74) is 4.60. The average molecular weight is 495 g/mol. The Kier molecular flexibility index (Phi) is 7.44. The molecule has 0 atom stereocenters. The van der Waals surface area contributed by atoms with Gasteiger partial charge in [-0.15, -0.1) is 10.2 Å². The second kappa shape index (κ2) is 10.5. The molecule has 0 unspecified atom stereocenters. The van der Waals surface area contributed by atoms with Gasteiger partial charge >= 0.3 is 0 Å². The number of thioether (sulfide) groups is 1. The largest absolute Gasteiger partial charge is 0.496 e. The lowest BCUT2D eigenvalue weighted by molar-refractivity contribution is 0.102. The molecular formula is C26H27ClN4O2S. The quantitative estimate of drug-likeness (QED) is 0.209. The molecule has 0 saturated carbocycles. The van der Waals surface area contributed by atoms with Gasteiger partial charge in [0.15, 0.2) is 16.8 Å². The number of nitrogens with zero attached hydrogens (tertiary/aromatic N) is 4. The van der Waals surface area contributed by atoms with E-state index < -0.39 is 0 Å². The van der Waals surface area contributed by atoms with Crippen LogP contribution >= 0.6 is 23.4 Å². The summed E-state index contributed by atoms with van der Waals surface area (Å²) in [4.78, 5) is 13.2. The molecule has 2 aromatic heterocycles. The maximum Gasteiger partial charge on any atom is 0.191 e. The molecule has 0 fully saturated rings. The molecule has 34 heavy (non-hydrogen) atoms. The normalized spacial score (nSPS) is 11.1. The fourth-order valence-electron chi connectivity index (χ4n) is 4.04. The van der Waals surface area contributed by atoms with Crippen molar-refractivity contribution >= 4 is 29.1 Å². The molecule has 0 saturated heterocycles. The fourth-order valence-corrected chi connectivity index (χ4v) is 5.12. The Balaban J connectivity index is 1.53. The molecule has 0 aliphatic rings. The summed E-state index contributed by atoms with van der Waals surface area (Å²) in [6.07, 6.45) is 0. The number of aryl methyl sites for hydroxylation is 1. The van der Waals surface area contributed by atoms with Gasteiger partial charge in [0.1, 0.15) is 5.75 Å². The molecule has 2 aromatic carbocycles. The fraction of sp³-hybridized carbons (Fsp3) is 0.269. The number of carbonyl (C=O) groups is 1. The molecule has 2 heterocycles. The first-order valence-corrected chi connectivity index (χ1v) is 12.4. The number of para-hydroxylation sites is 1. The number of halogens is 1. The van der Waals surface area contributed by atoms with Crippen molar-refractivity contribution in [2.45, 2.75) is 39.0 Å². The van der Waals surface area contributed by atoms with E-state index in [0.29, 0.717) is 18.2 Å². The van der Waals surface area contributed by atoms with E-state index in [1.54, 1.807) is 7.11 Å². The van der Waals surface area contributed by atoms with Crippen LogP contribution in [-0.4, -0.2) is 38.0 Å². The zero-order valence-electron chi connectivity index (χ0n) is 19.7. The third kappa shape index (κ3) is 4.76. The topological polar surface area (TPSA) is 61.9 Å². The SMILES string of the molecule is CCn1c(SCC(=O)c2cc(C)n(Cc3ccccc3Cl)c2C)nnc1-c1ccccc1OC. The van der Waals surface area contributed by atoms with E-state index in [1.807, 2.05) is 79.9 Å². The summed E-state index contributed by atoms with van der Waals surface area (Å²) >= 11 is 7.76. The van der Waals surface area contributed by atoms with E-state index in [-0.39, 0.29) is 11.5 Å². The van der Waals surface area contributed by atoms with E-state index in [9.17, 15) is 4.79 Å². The van der Waals surface area contributed by atoms with Crippen LogP contribution in [0.2, 0.25) is 5.02 Å². The Morgan fingerprint density at radius 2 is 1.79 bits per heavy atom. The van der Waals surface area contributed by atoms with Crippen LogP contribution in [0.1, 0.15) is 34.2 Å². The lowest BCUT2D eigenvalue weighted by Crippen LogP contribution is -2.08. The standard InChI is InChI=1S/C26H27ClN4O2S/c1-5-30-25(20-11-7-9-13-24(20)33-4)28-29-26(30)34-16-23(32)21-14-17(2)31(18(21)3)15-19-10-6-8-12-22(19)27/h6-14H,5,15-16H2,1-4H3. The lowest BCUT2D eigenvalue weighted by atomic mass is 10.2. The summed E-state index contributed by atoms with van der Waals surface area (Å²) in [7, 11) is 1.64. The summed E-state index contributed by atoms with van der Waals surface area (Å²) in [6, 6.07) is 17.5. The van der Waals surface area contributed by atoms with Gasteiger partial charge in [-0.2, -0.15) is 0 Å². The highest BCUT2D eigenvalue weighted by Gasteiger charge is 2.20. The third-order valence-corrected chi connectivity index (χ3v) is 7.21. The van der Waals surface area contributed by atoms with Crippen molar-refractivity contribution in [1.29, 1.82) is 0 Å². The summed E-state index contributed by atoms with van der Waals surface area (Å²) in [5, 5.41) is 10.2. The number of aromatic nitrogens is 4. The van der Waals surface area contributed by atoms with Crippen LogP contribution in [0.3, 0.4) is 0 Å². The van der Waals surface area contributed by atoms with Crippen LogP contribution in [0.5, 0.6) is 5.75 Å². The number of benzene rings is 2. The average Bonchev–Trinajstić information content (AvgIpc) is 3.39. The highest BCUT2D eigenvalue weighted by atomic mass is 35.5. The van der Waals surface area contributed by atoms with E-state index in [2.05, 4.69) is 14.8 Å². The van der Waals surface area contributed by atoms with Gasteiger partial charge in [0, 0.05) is 35.1 Å². The second-order valence-corrected chi connectivity index (χ2v) is 9.27. The van der Waals surface area contributed by atoms with E-state index >= 15 is 0 Å². The number of hydrogen-bond acceptors (Lipinski definition) is 5. The molecule has 0 N–H and O–H groups in total. The molecule has 4 rings (SSSR count). The van der Waals surface area contributed by atoms with Gasteiger partial charge in [-0.25, -0.2) is 0 Å². The maximum atomic E-state index is 13.2. The smallest absolute Gasteiger partial charge is 0.191 e. The number of methoxy groups -OCH3 is 1. The van der Waals surface area contributed by atoms with Crippen molar-refractivity contribution in [3.05, 3.63) is 82.1 Å². The van der Waals surface area contributed by atoms with Crippen LogP contribution in [0.25, 0.3) is 11.4 Å². The number of hydrogen-bond donors (Lipinski definition) is 0. The van der Waals surface area contributed by atoms with Gasteiger partial charge < -0.3 is 13.9 Å². The number of Topliss-reactive ketones (excluding diaryl/α,β-unsaturated/α-hetero) is 1. The molecule has 0 radical (unpaired) electrons. The van der Waals surface area contributed by atoms with Crippen molar-refractivity contribution in [3.63, 3.8) is 0 Å². The summed E-state index contributed by atoms with van der Waals surface area (Å²) in [6.45, 7) is 7.35. The minimum absolute atomic E-state index is 0.0630. The number of ketones is 1. The van der Waals surface area contributed by atoms with Crippen LogP contribution in [0.15, 0.2) is 59.8 Å². The van der Waals surface area contributed by atoms with Crippen LogP contribution in [0, 0.1) is 13.8 Å². The molecular weight excluding hydrogens is 468 g/mol. The Morgan fingerprint density at radius 1 is 1.06 bits per heavy atom. The molecule has 0 spiro atoms. The van der Waals surface area contributed by atoms with Crippen molar-refractivity contribution in [3.8, 4) is 17.1 Å². The van der Waals surface area contributed by atoms with Gasteiger partial charge in [-0.05, 0) is 50.6 Å². The van der Waals surface area contributed by atoms with Gasteiger partial charge in [0.2, 0.25) is 0 Å². The van der Waals surface area contributed by atoms with Gasteiger partial charge in [0.25, 0.3) is 0 Å². The van der Waals surface area contributed by atoms with Gasteiger partial charge in [0.05, 0.1) is 18.4 Å². The summed E-state index contributed by atoms with van der Waals surface area (Å²) in [5.74, 6) is 1.81. The van der Waals surface area contributed by atoms with Crippen molar-refractivity contribution in [2.24, 2.45) is 0 Å². The van der Waals surface area contributed by atoms with Crippen LogP contribution < -0.4 is 4.74 Å². The highest BCUT2D eigenvalue weighted by Crippen LogP contribution is 2.31. The number of carbonyl (C=O) groups excluding carboxylic acids is 1. The Labute approximate surface area is 208 Å². The van der Waals surface area contributed by atoms with Gasteiger partial charge in [-0.3, -0.25) is 4.79 Å². The number of ether oxygens (including phenoxy) is 1. The van der Waals surface area contributed by atoms with E-state index in [4.69, 9.17) is 16.3 Å². The van der Waals surface area contributed by atoms with Gasteiger partial charge in [-0.1, -0.05) is 53.7 Å².